The molecule has 0 aliphatic rings. The number of esters is 1. The van der Waals surface area contributed by atoms with Crippen molar-refractivity contribution in [3.63, 3.8) is 0 Å². The van der Waals surface area contributed by atoms with Gasteiger partial charge in [-0.3, -0.25) is 4.79 Å². The van der Waals surface area contributed by atoms with Crippen LogP contribution in [0.2, 0.25) is 5.02 Å². The summed E-state index contributed by atoms with van der Waals surface area (Å²) in [5.74, 6) is -0.626. The fourth-order valence-corrected chi connectivity index (χ4v) is 2.85. The van der Waals surface area contributed by atoms with E-state index < -0.39 is 18.0 Å². The fraction of sp³-hybridized carbons (Fsp3) is 0.125. The van der Waals surface area contributed by atoms with E-state index >= 15 is 0 Å². The second-order valence-electron chi connectivity index (χ2n) is 6.58. The molecule has 8 heteroatoms. The van der Waals surface area contributed by atoms with Crippen molar-refractivity contribution in [3.05, 3.63) is 94.5 Å². The predicted octanol–water partition coefficient (Wildman–Crippen LogP) is 4.14. The summed E-state index contributed by atoms with van der Waals surface area (Å²) >= 11 is 5.85. The molecule has 3 rings (SSSR count). The monoisotopic (exact) mass is 452 g/mol. The molecular formula is C24H21ClN2O5. The third kappa shape index (κ3) is 6.16. The van der Waals surface area contributed by atoms with Crippen LogP contribution in [-0.4, -0.2) is 29.8 Å². The maximum Gasteiger partial charge on any atom is 0.343 e. The molecule has 1 amide bonds. The Morgan fingerprint density at radius 1 is 1.06 bits per heavy atom. The second kappa shape index (κ2) is 11.1. The van der Waals surface area contributed by atoms with Crippen LogP contribution in [0.3, 0.4) is 0 Å². The van der Waals surface area contributed by atoms with Crippen LogP contribution in [0.25, 0.3) is 0 Å². The molecule has 0 aliphatic carbocycles. The van der Waals surface area contributed by atoms with Gasteiger partial charge in [0, 0.05) is 5.02 Å². The van der Waals surface area contributed by atoms with E-state index in [1.54, 1.807) is 79.7 Å². The Hall–Kier alpha value is -3.68. The zero-order valence-corrected chi connectivity index (χ0v) is 18.0. The number of nitrogens with one attached hydrogen (secondary N) is 1. The molecule has 0 radical (unpaired) electrons. The molecule has 3 aromatic carbocycles. The molecule has 1 atom stereocenters. The van der Waals surface area contributed by atoms with Crippen LogP contribution in [0, 0.1) is 0 Å². The number of carbonyl (C=O) groups is 2. The van der Waals surface area contributed by atoms with Crippen LogP contribution in [0.15, 0.2) is 77.9 Å². The summed E-state index contributed by atoms with van der Waals surface area (Å²) in [7, 11) is 0. The lowest BCUT2D eigenvalue weighted by atomic mass is 10.1. The van der Waals surface area contributed by atoms with Crippen LogP contribution in [0.4, 0.5) is 0 Å². The van der Waals surface area contributed by atoms with Crippen molar-refractivity contribution in [1.29, 1.82) is 0 Å². The van der Waals surface area contributed by atoms with E-state index in [-0.39, 0.29) is 5.75 Å². The number of nitrogens with zero attached hydrogens (tertiary/aromatic N) is 1. The van der Waals surface area contributed by atoms with Crippen LogP contribution < -0.4 is 14.9 Å². The first-order valence-corrected chi connectivity index (χ1v) is 10.2. The van der Waals surface area contributed by atoms with Crippen molar-refractivity contribution < 1.29 is 24.2 Å². The third-order valence-electron chi connectivity index (χ3n) is 4.30. The number of benzene rings is 3. The summed E-state index contributed by atoms with van der Waals surface area (Å²) in [5.41, 5.74) is 3.70. The van der Waals surface area contributed by atoms with Gasteiger partial charge in [-0.1, -0.05) is 41.9 Å². The van der Waals surface area contributed by atoms with Gasteiger partial charge in [-0.15, -0.1) is 0 Å². The average Bonchev–Trinajstić information content (AvgIpc) is 2.81. The molecule has 0 fully saturated rings. The van der Waals surface area contributed by atoms with Crippen molar-refractivity contribution in [2.75, 3.05) is 6.61 Å². The van der Waals surface area contributed by atoms with Gasteiger partial charge >= 0.3 is 5.97 Å². The standard InChI is InChI=1S/C24H21ClN2O5/c1-2-31-21-14-16(15-26-27-23(29)22(28)17-6-4-3-5-7-17)8-13-20(21)32-24(30)18-9-11-19(25)12-10-18/h3-15,22,28H,2H2,1H3,(H,27,29)/b26-15-/t22-/m0/s1. The minimum Gasteiger partial charge on any atom is -0.490 e. The quantitative estimate of drug-likeness (QED) is 0.232. The van der Waals surface area contributed by atoms with Crippen molar-refractivity contribution in [2.45, 2.75) is 13.0 Å². The van der Waals surface area contributed by atoms with E-state index in [0.717, 1.165) is 0 Å². The lowest BCUT2D eigenvalue weighted by Crippen LogP contribution is -2.25. The Labute approximate surface area is 190 Å². The average molecular weight is 453 g/mol. The number of hydrogen-bond acceptors (Lipinski definition) is 6. The highest BCUT2D eigenvalue weighted by Crippen LogP contribution is 2.29. The number of hydrogen-bond donors (Lipinski definition) is 2. The van der Waals surface area contributed by atoms with E-state index in [1.807, 2.05) is 0 Å². The summed E-state index contributed by atoms with van der Waals surface area (Å²) < 4.78 is 11.0. The number of carbonyl (C=O) groups excluding carboxylic acids is 2. The van der Waals surface area contributed by atoms with Gasteiger partial charge in [-0.05, 0) is 60.5 Å². The Morgan fingerprint density at radius 3 is 2.47 bits per heavy atom. The number of rotatable bonds is 8. The molecule has 0 bridgehead atoms. The summed E-state index contributed by atoms with van der Waals surface area (Å²) in [5, 5.41) is 14.5. The van der Waals surface area contributed by atoms with Gasteiger partial charge in [0.15, 0.2) is 17.6 Å². The highest BCUT2D eigenvalue weighted by atomic mass is 35.5. The van der Waals surface area contributed by atoms with Crippen LogP contribution in [0.1, 0.15) is 34.5 Å². The van der Waals surface area contributed by atoms with E-state index in [2.05, 4.69) is 10.5 Å². The van der Waals surface area contributed by atoms with Crippen molar-refractivity contribution in [1.82, 2.24) is 5.43 Å². The van der Waals surface area contributed by atoms with Gasteiger partial charge in [0.2, 0.25) is 0 Å². The third-order valence-corrected chi connectivity index (χ3v) is 4.55. The second-order valence-corrected chi connectivity index (χ2v) is 7.02. The largest absolute Gasteiger partial charge is 0.490 e. The highest BCUT2D eigenvalue weighted by molar-refractivity contribution is 6.30. The molecule has 3 aromatic rings. The molecule has 0 saturated carbocycles. The van der Waals surface area contributed by atoms with Gasteiger partial charge in [-0.25, -0.2) is 10.2 Å². The molecule has 7 nitrogen and oxygen atoms in total. The topological polar surface area (TPSA) is 97.2 Å². The van der Waals surface area contributed by atoms with Crippen LogP contribution in [-0.2, 0) is 4.79 Å². The lowest BCUT2D eigenvalue weighted by Gasteiger charge is -2.11. The van der Waals surface area contributed by atoms with Crippen molar-refractivity contribution >= 4 is 29.7 Å². The number of halogens is 1. The van der Waals surface area contributed by atoms with E-state index in [1.165, 1.54) is 6.21 Å². The summed E-state index contributed by atoms with van der Waals surface area (Å²) in [4.78, 5) is 24.4. The smallest absolute Gasteiger partial charge is 0.343 e. The van der Waals surface area contributed by atoms with Gasteiger partial charge < -0.3 is 14.6 Å². The van der Waals surface area contributed by atoms with Gasteiger partial charge in [0.25, 0.3) is 5.91 Å². The maximum absolute atomic E-state index is 12.4. The van der Waals surface area contributed by atoms with E-state index in [9.17, 15) is 14.7 Å². The number of aliphatic hydroxyl groups excluding tert-OH is 1. The number of hydrazone groups is 1. The maximum atomic E-state index is 12.4. The number of amides is 1. The van der Waals surface area contributed by atoms with Gasteiger partial charge in [0.05, 0.1) is 18.4 Å². The molecule has 0 spiro atoms. The lowest BCUT2D eigenvalue weighted by molar-refractivity contribution is -0.129. The molecule has 0 heterocycles. The van der Waals surface area contributed by atoms with Crippen molar-refractivity contribution in [3.8, 4) is 11.5 Å². The predicted molar refractivity (Wildman–Crippen MR) is 121 cm³/mol. The summed E-state index contributed by atoms with van der Waals surface area (Å²) in [6, 6.07) is 19.7. The molecule has 2 N–H and O–H groups in total. The first-order valence-electron chi connectivity index (χ1n) is 9.78. The molecular weight excluding hydrogens is 432 g/mol. The minimum absolute atomic E-state index is 0.243. The molecule has 0 aromatic heterocycles. The zero-order chi connectivity index (χ0) is 22.9. The molecule has 32 heavy (non-hydrogen) atoms. The van der Waals surface area contributed by atoms with E-state index in [0.29, 0.717) is 34.1 Å². The minimum atomic E-state index is -1.33. The Bertz CT molecular complexity index is 1100. The Morgan fingerprint density at radius 2 is 1.78 bits per heavy atom. The first kappa shape index (κ1) is 23.0. The first-order chi connectivity index (χ1) is 15.5. The fourth-order valence-electron chi connectivity index (χ4n) is 2.72. The Kier molecular flexibility index (Phi) is 7.96. The van der Waals surface area contributed by atoms with Gasteiger partial charge in [-0.2, -0.15) is 5.10 Å². The van der Waals surface area contributed by atoms with Gasteiger partial charge in [0.1, 0.15) is 0 Å². The molecule has 164 valence electrons. The molecule has 0 saturated heterocycles. The number of ether oxygens (including phenoxy) is 2. The van der Waals surface area contributed by atoms with Crippen LogP contribution in [0.5, 0.6) is 11.5 Å². The molecule has 0 aliphatic heterocycles. The van der Waals surface area contributed by atoms with Crippen LogP contribution >= 0.6 is 11.6 Å². The summed E-state index contributed by atoms with van der Waals surface area (Å²) in [6.07, 6.45) is 0.0603. The summed E-state index contributed by atoms with van der Waals surface area (Å²) in [6.45, 7) is 2.16. The highest BCUT2D eigenvalue weighted by Gasteiger charge is 2.16. The normalized spacial score (nSPS) is 11.7. The van der Waals surface area contributed by atoms with E-state index in [4.69, 9.17) is 21.1 Å². The van der Waals surface area contributed by atoms with Crippen molar-refractivity contribution in [2.24, 2.45) is 5.10 Å². The number of aliphatic hydroxyl groups is 1. The molecule has 0 unspecified atom stereocenters. The SMILES string of the molecule is CCOc1cc(/C=N\NC(=O)[C@@H](O)c2ccccc2)ccc1OC(=O)c1ccc(Cl)cc1. The Balaban J connectivity index is 1.67. The zero-order valence-electron chi connectivity index (χ0n) is 17.2.